The minimum absolute atomic E-state index is 0.114. The second-order valence-corrected chi connectivity index (χ2v) is 5.43. The van der Waals surface area contributed by atoms with Crippen LogP contribution >= 0.6 is 0 Å². The third-order valence-electron chi connectivity index (χ3n) is 3.76. The van der Waals surface area contributed by atoms with Crippen LogP contribution in [0.15, 0.2) is 27.2 Å². The Kier molecular flexibility index (Phi) is 5.38. The van der Waals surface area contributed by atoms with E-state index in [4.69, 9.17) is 8.83 Å². The summed E-state index contributed by atoms with van der Waals surface area (Å²) in [5.74, 6) is 1.44. The molecule has 0 spiro atoms. The normalized spacial score (nSPS) is 13.8. The lowest BCUT2D eigenvalue weighted by Gasteiger charge is -2.17. The molecule has 0 saturated heterocycles. The van der Waals surface area contributed by atoms with Gasteiger partial charge in [-0.05, 0) is 25.0 Å². The predicted molar refractivity (Wildman–Crippen MR) is 81.1 cm³/mol. The Morgan fingerprint density at radius 2 is 2.27 bits per heavy atom. The molecule has 1 amide bonds. The minimum Gasteiger partial charge on any atom is -0.459 e. The van der Waals surface area contributed by atoms with E-state index < -0.39 is 6.10 Å². The summed E-state index contributed by atoms with van der Waals surface area (Å²) in [6.07, 6.45) is 1.98. The molecule has 0 aromatic carbocycles. The summed E-state index contributed by atoms with van der Waals surface area (Å²) < 4.78 is 10.7. The van der Waals surface area contributed by atoms with Crippen molar-refractivity contribution in [3.63, 3.8) is 0 Å². The number of aliphatic hydroxyl groups excluding tert-OH is 1. The van der Waals surface area contributed by atoms with E-state index in [1.807, 2.05) is 13.8 Å². The lowest BCUT2D eigenvalue weighted by atomic mass is 10.0. The summed E-state index contributed by atoms with van der Waals surface area (Å²) in [4.78, 5) is 16.2. The number of carbonyl (C=O) groups excluding carboxylic acids is 1. The van der Waals surface area contributed by atoms with E-state index in [0.717, 1.165) is 6.42 Å². The number of hydrogen-bond acceptors (Lipinski definition) is 5. The minimum atomic E-state index is -0.536. The van der Waals surface area contributed by atoms with Gasteiger partial charge in [0.25, 0.3) is 5.89 Å². The highest BCUT2D eigenvalue weighted by atomic mass is 16.4. The number of aryl methyl sites for hydroxylation is 1. The predicted octanol–water partition coefficient (Wildman–Crippen LogP) is 2.31. The highest BCUT2D eigenvalue weighted by molar-refractivity contribution is 5.78. The van der Waals surface area contributed by atoms with Gasteiger partial charge < -0.3 is 19.3 Å². The molecule has 6 nitrogen and oxygen atoms in total. The van der Waals surface area contributed by atoms with Crippen molar-refractivity contribution in [3.05, 3.63) is 29.9 Å². The number of aromatic nitrogens is 1. The van der Waals surface area contributed by atoms with E-state index in [1.165, 1.54) is 6.26 Å². The van der Waals surface area contributed by atoms with Gasteiger partial charge in [-0.25, -0.2) is 4.98 Å². The van der Waals surface area contributed by atoms with Gasteiger partial charge in [-0.15, -0.1) is 0 Å². The quantitative estimate of drug-likeness (QED) is 0.819. The third kappa shape index (κ3) is 3.98. The standard InChI is InChI=1S/C16H22N2O4/c1-4-10(2)13(19)9-17-15(20)8-12-11(3)22-16(18-12)14-6-5-7-21-14/h5-7,10,13,19H,4,8-9H2,1-3H3,(H,17,20). The van der Waals surface area contributed by atoms with Crippen molar-refractivity contribution in [1.82, 2.24) is 10.3 Å². The van der Waals surface area contributed by atoms with Gasteiger partial charge >= 0.3 is 0 Å². The van der Waals surface area contributed by atoms with Crippen molar-refractivity contribution in [1.29, 1.82) is 0 Å². The van der Waals surface area contributed by atoms with Gasteiger partial charge in [0.15, 0.2) is 5.76 Å². The molecule has 2 atom stereocenters. The number of oxazole rings is 1. The second kappa shape index (κ2) is 7.26. The summed E-state index contributed by atoms with van der Waals surface area (Å²) in [5.41, 5.74) is 0.571. The van der Waals surface area contributed by atoms with Crippen LogP contribution in [0.4, 0.5) is 0 Å². The second-order valence-electron chi connectivity index (χ2n) is 5.43. The van der Waals surface area contributed by atoms with E-state index >= 15 is 0 Å². The molecule has 0 saturated carbocycles. The van der Waals surface area contributed by atoms with Crippen molar-refractivity contribution >= 4 is 5.91 Å². The Labute approximate surface area is 129 Å². The van der Waals surface area contributed by atoms with Crippen LogP contribution in [0.1, 0.15) is 31.7 Å². The molecular weight excluding hydrogens is 284 g/mol. The Hall–Kier alpha value is -2.08. The molecule has 2 unspecified atom stereocenters. The first-order valence-corrected chi connectivity index (χ1v) is 7.46. The van der Waals surface area contributed by atoms with Crippen LogP contribution in [0, 0.1) is 12.8 Å². The Balaban J connectivity index is 1.92. The molecule has 2 heterocycles. The molecule has 2 rings (SSSR count). The topological polar surface area (TPSA) is 88.5 Å². The van der Waals surface area contributed by atoms with Crippen LogP contribution in [-0.4, -0.2) is 28.6 Å². The Morgan fingerprint density at radius 1 is 1.50 bits per heavy atom. The molecule has 0 aliphatic carbocycles. The molecule has 0 aliphatic heterocycles. The number of amides is 1. The maximum Gasteiger partial charge on any atom is 0.263 e. The monoisotopic (exact) mass is 306 g/mol. The molecule has 2 N–H and O–H groups in total. The number of aliphatic hydroxyl groups is 1. The summed E-state index contributed by atoms with van der Waals surface area (Å²) >= 11 is 0. The van der Waals surface area contributed by atoms with Crippen LogP contribution in [0.25, 0.3) is 11.7 Å². The van der Waals surface area contributed by atoms with E-state index in [1.54, 1.807) is 19.1 Å². The van der Waals surface area contributed by atoms with E-state index in [9.17, 15) is 9.90 Å². The zero-order chi connectivity index (χ0) is 16.1. The maximum atomic E-state index is 11.9. The van der Waals surface area contributed by atoms with Gasteiger partial charge in [0.2, 0.25) is 5.91 Å². The van der Waals surface area contributed by atoms with Crippen LogP contribution in [0.3, 0.4) is 0 Å². The zero-order valence-electron chi connectivity index (χ0n) is 13.1. The Bertz CT molecular complexity index is 604. The molecule has 0 aliphatic rings. The van der Waals surface area contributed by atoms with Gasteiger partial charge in [0.05, 0.1) is 24.5 Å². The van der Waals surface area contributed by atoms with Crippen molar-refractivity contribution < 1.29 is 18.7 Å². The lowest BCUT2D eigenvalue weighted by molar-refractivity contribution is -0.121. The third-order valence-corrected chi connectivity index (χ3v) is 3.76. The number of nitrogens with zero attached hydrogens (tertiary/aromatic N) is 1. The van der Waals surface area contributed by atoms with Crippen molar-refractivity contribution in [3.8, 4) is 11.7 Å². The summed E-state index contributed by atoms with van der Waals surface area (Å²) in [5, 5.41) is 12.6. The SMILES string of the molecule is CCC(C)C(O)CNC(=O)Cc1nc(-c2ccco2)oc1C. The summed E-state index contributed by atoms with van der Waals surface area (Å²) in [6.45, 7) is 5.96. The fourth-order valence-corrected chi connectivity index (χ4v) is 2.00. The molecule has 0 radical (unpaired) electrons. The summed E-state index contributed by atoms with van der Waals surface area (Å²) in [6, 6.07) is 3.50. The van der Waals surface area contributed by atoms with Gasteiger partial charge in [0, 0.05) is 6.54 Å². The van der Waals surface area contributed by atoms with E-state index in [0.29, 0.717) is 23.1 Å². The molecule has 0 bridgehead atoms. The van der Waals surface area contributed by atoms with Gasteiger partial charge in [-0.1, -0.05) is 20.3 Å². The fourth-order valence-electron chi connectivity index (χ4n) is 2.00. The van der Waals surface area contributed by atoms with Gasteiger partial charge in [-0.2, -0.15) is 0 Å². The Morgan fingerprint density at radius 3 is 2.91 bits per heavy atom. The van der Waals surface area contributed by atoms with Crippen LogP contribution in [-0.2, 0) is 11.2 Å². The number of hydrogen-bond donors (Lipinski definition) is 2. The average molecular weight is 306 g/mol. The van der Waals surface area contributed by atoms with Crippen LogP contribution in [0.2, 0.25) is 0 Å². The van der Waals surface area contributed by atoms with Crippen molar-refractivity contribution in [2.45, 2.75) is 39.7 Å². The smallest absolute Gasteiger partial charge is 0.263 e. The van der Waals surface area contributed by atoms with E-state index in [-0.39, 0.29) is 24.8 Å². The van der Waals surface area contributed by atoms with E-state index in [2.05, 4.69) is 10.3 Å². The number of rotatable bonds is 7. The molecule has 120 valence electrons. The highest BCUT2D eigenvalue weighted by Crippen LogP contribution is 2.22. The average Bonchev–Trinajstić information content (AvgIpc) is 3.14. The van der Waals surface area contributed by atoms with Gasteiger partial charge in [0.1, 0.15) is 5.76 Å². The molecule has 2 aromatic heterocycles. The van der Waals surface area contributed by atoms with Crippen molar-refractivity contribution in [2.75, 3.05) is 6.54 Å². The van der Waals surface area contributed by atoms with Gasteiger partial charge in [-0.3, -0.25) is 4.79 Å². The first kappa shape index (κ1) is 16.3. The number of carbonyl (C=O) groups is 1. The molecule has 2 aromatic rings. The van der Waals surface area contributed by atoms with Crippen molar-refractivity contribution in [2.24, 2.45) is 5.92 Å². The first-order chi connectivity index (χ1) is 10.5. The number of furan rings is 1. The highest BCUT2D eigenvalue weighted by Gasteiger charge is 2.17. The van der Waals surface area contributed by atoms with Crippen LogP contribution < -0.4 is 5.32 Å². The lowest BCUT2D eigenvalue weighted by Crippen LogP contribution is -2.36. The zero-order valence-corrected chi connectivity index (χ0v) is 13.1. The summed E-state index contributed by atoms with van der Waals surface area (Å²) in [7, 11) is 0. The number of nitrogens with one attached hydrogen (secondary N) is 1. The fraction of sp³-hybridized carbons (Fsp3) is 0.500. The molecular formula is C16H22N2O4. The van der Waals surface area contributed by atoms with Crippen LogP contribution in [0.5, 0.6) is 0 Å². The molecule has 0 fully saturated rings. The molecule has 22 heavy (non-hydrogen) atoms. The molecule has 6 heteroatoms. The first-order valence-electron chi connectivity index (χ1n) is 7.46. The maximum absolute atomic E-state index is 11.9. The largest absolute Gasteiger partial charge is 0.459 e.